The minimum Gasteiger partial charge on any atom is -0.305 e. The number of hydrogen-bond donors (Lipinski definition) is 0. The van der Waals surface area contributed by atoms with Gasteiger partial charge in [-0.15, -0.1) is 0 Å². The topological polar surface area (TPSA) is 6.48 Å². The van der Waals surface area contributed by atoms with Crippen molar-refractivity contribution in [3.63, 3.8) is 0 Å². The van der Waals surface area contributed by atoms with E-state index < -0.39 is 0 Å². The minimum absolute atomic E-state index is 0.922. The van der Waals surface area contributed by atoms with Crippen molar-refractivity contribution in [2.75, 3.05) is 39.8 Å². The molecule has 90 valence electrons. The first-order valence-electron chi connectivity index (χ1n) is 6.90. The SMILES string of the molecule is CN1CCCN(CC2CC3C=CC2C3)CC1. The zero-order valence-electron chi connectivity index (χ0n) is 10.4. The molecule has 3 unspecified atom stereocenters. The Hall–Kier alpha value is -0.340. The molecular weight excluding hydrogens is 196 g/mol. The molecule has 2 fully saturated rings. The molecule has 3 atom stereocenters. The highest BCUT2D eigenvalue weighted by Gasteiger charge is 2.36. The van der Waals surface area contributed by atoms with Gasteiger partial charge in [0, 0.05) is 19.6 Å². The van der Waals surface area contributed by atoms with Gasteiger partial charge in [0.2, 0.25) is 0 Å². The Labute approximate surface area is 99.3 Å². The summed E-state index contributed by atoms with van der Waals surface area (Å²) >= 11 is 0. The summed E-state index contributed by atoms with van der Waals surface area (Å²) in [5, 5.41) is 0. The normalized spacial score (nSPS) is 40.4. The van der Waals surface area contributed by atoms with Crippen LogP contribution < -0.4 is 0 Å². The van der Waals surface area contributed by atoms with E-state index >= 15 is 0 Å². The van der Waals surface area contributed by atoms with E-state index in [2.05, 4.69) is 29.0 Å². The van der Waals surface area contributed by atoms with Gasteiger partial charge in [-0.2, -0.15) is 0 Å². The molecule has 1 heterocycles. The van der Waals surface area contributed by atoms with E-state index in [9.17, 15) is 0 Å². The molecule has 0 radical (unpaired) electrons. The van der Waals surface area contributed by atoms with Gasteiger partial charge in [-0.25, -0.2) is 0 Å². The summed E-state index contributed by atoms with van der Waals surface area (Å²) in [6.45, 7) is 6.51. The second kappa shape index (κ2) is 4.50. The van der Waals surface area contributed by atoms with Gasteiger partial charge >= 0.3 is 0 Å². The number of fused-ring (bicyclic) bond motifs is 2. The van der Waals surface area contributed by atoms with E-state index in [4.69, 9.17) is 0 Å². The van der Waals surface area contributed by atoms with Crippen molar-refractivity contribution >= 4 is 0 Å². The lowest BCUT2D eigenvalue weighted by molar-refractivity contribution is 0.219. The van der Waals surface area contributed by atoms with Crippen LogP contribution in [0.5, 0.6) is 0 Å². The van der Waals surface area contributed by atoms with Crippen LogP contribution in [0.25, 0.3) is 0 Å². The van der Waals surface area contributed by atoms with Crippen LogP contribution in [0.4, 0.5) is 0 Å². The first-order chi connectivity index (χ1) is 7.81. The fourth-order valence-electron chi connectivity index (χ4n) is 3.72. The molecule has 3 rings (SSSR count). The maximum absolute atomic E-state index is 2.71. The molecule has 2 aliphatic carbocycles. The summed E-state index contributed by atoms with van der Waals surface area (Å²) in [4.78, 5) is 5.18. The van der Waals surface area contributed by atoms with Crippen molar-refractivity contribution in [3.05, 3.63) is 12.2 Å². The molecule has 1 aliphatic heterocycles. The summed E-state index contributed by atoms with van der Waals surface area (Å²) in [5.74, 6) is 2.83. The van der Waals surface area contributed by atoms with Crippen LogP contribution in [0, 0.1) is 17.8 Å². The third-order valence-electron chi connectivity index (χ3n) is 4.72. The van der Waals surface area contributed by atoms with E-state index in [-0.39, 0.29) is 0 Å². The highest BCUT2D eigenvalue weighted by Crippen LogP contribution is 2.43. The second-order valence-corrected chi connectivity index (χ2v) is 6.00. The Morgan fingerprint density at radius 2 is 2.00 bits per heavy atom. The lowest BCUT2D eigenvalue weighted by Crippen LogP contribution is -2.34. The van der Waals surface area contributed by atoms with Gasteiger partial charge in [-0.3, -0.25) is 0 Å². The first-order valence-corrected chi connectivity index (χ1v) is 6.90. The Morgan fingerprint density at radius 1 is 1.06 bits per heavy atom. The maximum atomic E-state index is 2.71. The molecule has 0 amide bonds. The van der Waals surface area contributed by atoms with Gasteiger partial charge in [0.1, 0.15) is 0 Å². The average Bonchev–Trinajstić information content (AvgIpc) is 2.81. The van der Waals surface area contributed by atoms with Crippen LogP contribution in [0.15, 0.2) is 12.2 Å². The zero-order valence-corrected chi connectivity index (χ0v) is 10.4. The molecule has 0 N–H and O–H groups in total. The fourth-order valence-corrected chi connectivity index (χ4v) is 3.72. The molecule has 2 bridgehead atoms. The lowest BCUT2D eigenvalue weighted by Gasteiger charge is -2.27. The van der Waals surface area contributed by atoms with Gasteiger partial charge in [-0.05, 0) is 57.2 Å². The molecule has 1 saturated heterocycles. The van der Waals surface area contributed by atoms with Crippen molar-refractivity contribution in [3.8, 4) is 0 Å². The number of allylic oxidation sites excluding steroid dienone is 2. The highest BCUT2D eigenvalue weighted by molar-refractivity contribution is 5.10. The minimum atomic E-state index is 0.922. The molecule has 3 aliphatic rings. The van der Waals surface area contributed by atoms with Crippen LogP contribution in [0.3, 0.4) is 0 Å². The smallest absolute Gasteiger partial charge is 0.0109 e. The van der Waals surface area contributed by atoms with Gasteiger partial charge < -0.3 is 9.80 Å². The standard InChI is InChI=1S/C14H24N2/c1-15-5-2-6-16(8-7-15)11-14-10-12-3-4-13(14)9-12/h3-4,12-14H,2,5-11H2,1H3. The Balaban J connectivity index is 1.53. The monoisotopic (exact) mass is 220 g/mol. The molecule has 0 aromatic rings. The Morgan fingerprint density at radius 3 is 2.75 bits per heavy atom. The van der Waals surface area contributed by atoms with Crippen molar-refractivity contribution in [1.82, 2.24) is 9.80 Å². The predicted octanol–water partition coefficient (Wildman–Crippen LogP) is 1.84. The molecule has 0 aromatic carbocycles. The molecular formula is C14H24N2. The van der Waals surface area contributed by atoms with E-state index in [1.165, 1.54) is 52.0 Å². The molecule has 0 spiro atoms. The Bertz CT molecular complexity index is 274. The molecule has 2 nitrogen and oxygen atoms in total. The zero-order chi connectivity index (χ0) is 11.0. The quantitative estimate of drug-likeness (QED) is 0.655. The summed E-state index contributed by atoms with van der Waals surface area (Å²) in [5.41, 5.74) is 0. The molecule has 16 heavy (non-hydrogen) atoms. The van der Waals surface area contributed by atoms with Gasteiger partial charge in [-0.1, -0.05) is 12.2 Å². The first kappa shape index (κ1) is 10.8. The largest absolute Gasteiger partial charge is 0.305 e. The number of likely N-dealkylation sites (N-methyl/N-ethyl adjacent to an activating group) is 1. The van der Waals surface area contributed by atoms with E-state index in [0.717, 1.165) is 17.8 Å². The van der Waals surface area contributed by atoms with Crippen LogP contribution in [0.2, 0.25) is 0 Å². The average molecular weight is 220 g/mol. The van der Waals surface area contributed by atoms with E-state index in [1.54, 1.807) is 0 Å². The summed E-state index contributed by atoms with van der Waals surface area (Å²) in [6.07, 6.45) is 9.22. The third kappa shape index (κ3) is 2.18. The van der Waals surface area contributed by atoms with Crippen molar-refractivity contribution in [2.24, 2.45) is 17.8 Å². The Kier molecular flexibility index (Phi) is 3.03. The molecule has 2 heteroatoms. The molecule has 1 saturated carbocycles. The summed E-state index contributed by atoms with van der Waals surface area (Å²) < 4.78 is 0. The fraction of sp³-hybridized carbons (Fsp3) is 0.857. The van der Waals surface area contributed by atoms with Crippen LogP contribution in [0.1, 0.15) is 19.3 Å². The second-order valence-electron chi connectivity index (χ2n) is 6.00. The van der Waals surface area contributed by atoms with Gasteiger partial charge in [0.05, 0.1) is 0 Å². The van der Waals surface area contributed by atoms with Gasteiger partial charge in [0.15, 0.2) is 0 Å². The number of hydrogen-bond acceptors (Lipinski definition) is 2. The van der Waals surface area contributed by atoms with Crippen LogP contribution in [-0.2, 0) is 0 Å². The predicted molar refractivity (Wildman–Crippen MR) is 67.4 cm³/mol. The lowest BCUT2D eigenvalue weighted by atomic mass is 9.93. The van der Waals surface area contributed by atoms with E-state index in [0.29, 0.717) is 0 Å². The summed E-state index contributed by atoms with van der Waals surface area (Å²) in [6, 6.07) is 0. The van der Waals surface area contributed by atoms with Gasteiger partial charge in [0.25, 0.3) is 0 Å². The van der Waals surface area contributed by atoms with Crippen LogP contribution >= 0.6 is 0 Å². The van der Waals surface area contributed by atoms with Crippen molar-refractivity contribution in [1.29, 1.82) is 0 Å². The van der Waals surface area contributed by atoms with E-state index in [1.807, 2.05) is 0 Å². The van der Waals surface area contributed by atoms with Crippen LogP contribution in [-0.4, -0.2) is 49.6 Å². The molecule has 0 aromatic heterocycles. The van der Waals surface area contributed by atoms with Crippen molar-refractivity contribution in [2.45, 2.75) is 19.3 Å². The summed E-state index contributed by atoms with van der Waals surface area (Å²) in [7, 11) is 2.25. The number of rotatable bonds is 2. The maximum Gasteiger partial charge on any atom is 0.0109 e. The highest BCUT2D eigenvalue weighted by atomic mass is 15.2. The number of nitrogens with zero attached hydrogens (tertiary/aromatic N) is 2. The third-order valence-corrected chi connectivity index (χ3v) is 4.72. The van der Waals surface area contributed by atoms with Crippen molar-refractivity contribution < 1.29 is 0 Å².